The molecule has 2 aromatic carbocycles. The number of hydrogen-bond donors (Lipinski definition) is 0. The largest absolute Gasteiger partial charge is 0.480 e. The van der Waals surface area contributed by atoms with Crippen molar-refractivity contribution in [3.8, 4) is 5.75 Å². The lowest BCUT2D eigenvalue weighted by Gasteiger charge is -2.26. The van der Waals surface area contributed by atoms with Crippen LogP contribution in [-0.2, 0) is 17.9 Å². The summed E-state index contributed by atoms with van der Waals surface area (Å²) in [7, 11) is 0. The number of carbonyl (C=O) groups is 1. The number of carbonyl (C=O) groups excluding carboxylic acids is 1. The van der Waals surface area contributed by atoms with E-state index >= 15 is 0 Å². The Morgan fingerprint density at radius 3 is 2.76 bits per heavy atom. The van der Waals surface area contributed by atoms with Gasteiger partial charge >= 0.3 is 0 Å². The van der Waals surface area contributed by atoms with E-state index in [9.17, 15) is 9.18 Å². The average molecular weight is 427 g/mol. The number of amides is 1. The van der Waals surface area contributed by atoms with Crippen molar-refractivity contribution in [2.24, 2.45) is 5.92 Å². The molecule has 132 valence electrons. The van der Waals surface area contributed by atoms with Gasteiger partial charge in [0.2, 0.25) is 0 Å². The van der Waals surface area contributed by atoms with Gasteiger partial charge in [0.1, 0.15) is 11.6 Å². The monoisotopic (exact) mass is 425 g/mol. The lowest BCUT2D eigenvalue weighted by molar-refractivity contribution is -0.140. The number of halogens is 3. The van der Waals surface area contributed by atoms with Gasteiger partial charge in [0.05, 0.1) is 0 Å². The van der Waals surface area contributed by atoms with Gasteiger partial charge in [0, 0.05) is 33.7 Å². The van der Waals surface area contributed by atoms with Crippen molar-refractivity contribution in [2.45, 2.75) is 33.0 Å². The first-order valence-electron chi connectivity index (χ1n) is 8.03. The molecule has 0 aliphatic carbocycles. The van der Waals surface area contributed by atoms with E-state index in [-0.39, 0.29) is 18.4 Å². The molecule has 1 unspecified atom stereocenters. The van der Waals surface area contributed by atoms with E-state index in [0.29, 0.717) is 22.9 Å². The fourth-order valence-electron chi connectivity index (χ4n) is 2.85. The number of hydrogen-bond acceptors (Lipinski definition) is 2. The van der Waals surface area contributed by atoms with Crippen LogP contribution < -0.4 is 4.74 Å². The summed E-state index contributed by atoms with van der Waals surface area (Å²) in [5, 5.41) is 0.334. The molecule has 1 aliphatic rings. The third-order valence-corrected chi connectivity index (χ3v) is 4.90. The van der Waals surface area contributed by atoms with Gasteiger partial charge < -0.3 is 9.64 Å². The molecular weight excluding hydrogens is 409 g/mol. The molecule has 1 aliphatic heterocycles. The second-order valence-electron chi connectivity index (χ2n) is 6.46. The molecular formula is C19H18BrClFNO2. The number of ether oxygens (including phenoxy) is 1. The maximum absolute atomic E-state index is 14.2. The summed E-state index contributed by atoms with van der Waals surface area (Å²) < 4.78 is 21.1. The van der Waals surface area contributed by atoms with Crippen LogP contribution in [0.1, 0.15) is 25.0 Å². The zero-order valence-electron chi connectivity index (χ0n) is 13.9. The zero-order chi connectivity index (χ0) is 18.1. The van der Waals surface area contributed by atoms with Crippen molar-refractivity contribution in [1.82, 2.24) is 4.90 Å². The lowest BCUT2D eigenvalue weighted by atomic mass is 10.1. The van der Waals surface area contributed by atoms with Crippen LogP contribution in [-0.4, -0.2) is 16.9 Å². The molecule has 3 nitrogen and oxygen atoms in total. The molecule has 1 atom stereocenters. The molecule has 2 aromatic rings. The van der Waals surface area contributed by atoms with Gasteiger partial charge in [0.25, 0.3) is 5.91 Å². The Balaban J connectivity index is 1.97. The number of benzene rings is 2. The Hall–Kier alpha value is -1.59. The summed E-state index contributed by atoms with van der Waals surface area (Å²) in [6.45, 7) is 4.40. The third-order valence-electron chi connectivity index (χ3n) is 4.17. The van der Waals surface area contributed by atoms with E-state index in [4.69, 9.17) is 16.3 Å². The molecule has 0 bridgehead atoms. The minimum absolute atomic E-state index is 0.000313. The summed E-state index contributed by atoms with van der Waals surface area (Å²) in [6, 6.07) is 10.2. The first-order valence-corrected chi connectivity index (χ1v) is 9.20. The Bertz CT molecular complexity index is 812. The third kappa shape index (κ3) is 3.98. The summed E-state index contributed by atoms with van der Waals surface area (Å²) in [4.78, 5) is 14.6. The van der Waals surface area contributed by atoms with Crippen molar-refractivity contribution in [1.29, 1.82) is 0 Å². The standard InChI is InChI=1S/C19H18BrClFNO2/c1-11(2)18-19(24)23(9-12-3-5-15(21)8-16(12)22)10-13-7-14(20)4-6-17(13)25-18/h3-8,11,18H,9-10H2,1-2H3. The maximum atomic E-state index is 14.2. The van der Waals surface area contributed by atoms with E-state index in [0.717, 1.165) is 10.0 Å². The molecule has 3 rings (SSSR count). The molecule has 1 heterocycles. The zero-order valence-corrected chi connectivity index (χ0v) is 16.3. The quantitative estimate of drug-likeness (QED) is 0.676. The van der Waals surface area contributed by atoms with Gasteiger partial charge in [-0.2, -0.15) is 0 Å². The predicted octanol–water partition coefficient (Wildman–Crippen LogP) is 5.19. The van der Waals surface area contributed by atoms with Crippen LogP contribution in [0.2, 0.25) is 5.02 Å². The molecule has 0 fully saturated rings. The van der Waals surface area contributed by atoms with Crippen molar-refractivity contribution >= 4 is 33.4 Å². The molecule has 0 N–H and O–H groups in total. The van der Waals surface area contributed by atoms with E-state index in [2.05, 4.69) is 15.9 Å². The van der Waals surface area contributed by atoms with Crippen LogP contribution in [0.5, 0.6) is 5.75 Å². The molecule has 0 spiro atoms. The molecule has 0 saturated heterocycles. The van der Waals surface area contributed by atoms with Crippen LogP contribution in [0.3, 0.4) is 0 Å². The van der Waals surface area contributed by atoms with Gasteiger partial charge in [-0.05, 0) is 36.2 Å². The topological polar surface area (TPSA) is 29.5 Å². The molecule has 0 saturated carbocycles. The molecule has 25 heavy (non-hydrogen) atoms. The van der Waals surface area contributed by atoms with Crippen molar-refractivity contribution < 1.29 is 13.9 Å². The van der Waals surface area contributed by atoms with E-state index in [1.54, 1.807) is 17.0 Å². The molecule has 0 radical (unpaired) electrons. The van der Waals surface area contributed by atoms with Gasteiger partial charge in [-0.1, -0.05) is 47.4 Å². The van der Waals surface area contributed by atoms with Gasteiger partial charge in [-0.25, -0.2) is 4.39 Å². The first-order chi connectivity index (χ1) is 11.8. The smallest absolute Gasteiger partial charge is 0.264 e. The van der Waals surface area contributed by atoms with Gasteiger partial charge in [0.15, 0.2) is 6.10 Å². The van der Waals surface area contributed by atoms with E-state index < -0.39 is 11.9 Å². The average Bonchev–Trinajstić information content (AvgIpc) is 2.67. The summed E-state index contributed by atoms with van der Waals surface area (Å²) >= 11 is 9.27. The molecule has 6 heteroatoms. The van der Waals surface area contributed by atoms with Gasteiger partial charge in [-0.15, -0.1) is 0 Å². The highest BCUT2D eigenvalue weighted by Crippen LogP contribution is 2.31. The summed E-state index contributed by atoms with van der Waals surface area (Å²) in [5.41, 5.74) is 1.32. The second kappa shape index (κ2) is 7.34. The highest BCUT2D eigenvalue weighted by molar-refractivity contribution is 9.10. The van der Waals surface area contributed by atoms with Gasteiger partial charge in [-0.3, -0.25) is 4.79 Å². The maximum Gasteiger partial charge on any atom is 0.264 e. The van der Waals surface area contributed by atoms with Crippen LogP contribution in [0.15, 0.2) is 40.9 Å². The van der Waals surface area contributed by atoms with E-state index in [1.165, 1.54) is 6.07 Å². The fraction of sp³-hybridized carbons (Fsp3) is 0.316. The van der Waals surface area contributed by atoms with Crippen molar-refractivity contribution in [3.63, 3.8) is 0 Å². The Morgan fingerprint density at radius 1 is 1.32 bits per heavy atom. The minimum Gasteiger partial charge on any atom is -0.480 e. The van der Waals surface area contributed by atoms with Crippen LogP contribution in [0.25, 0.3) is 0 Å². The number of rotatable bonds is 3. The normalized spacial score (nSPS) is 17.3. The van der Waals surface area contributed by atoms with E-state index in [1.807, 2.05) is 32.0 Å². The van der Waals surface area contributed by atoms with Crippen molar-refractivity contribution in [2.75, 3.05) is 0 Å². The van der Waals surface area contributed by atoms with Crippen molar-refractivity contribution in [3.05, 3.63) is 62.8 Å². The van der Waals surface area contributed by atoms with Crippen LogP contribution >= 0.6 is 27.5 Å². The Morgan fingerprint density at radius 2 is 2.08 bits per heavy atom. The summed E-state index contributed by atoms with van der Waals surface area (Å²) in [6.07, 6.45) is -0.599. The number of fused-ring (bicyclic) bond motifs is 1. The molecule has 1 amide bonds. The SMILES string of the molecule is CC(C)C1Oc2ccc(Br)cc2CN(Cc2ccc(Cl)cc2F)C1=O. The fourth-order valence-corrected chi connectivity index (χ4v) is 3.42. The predicted molar refractivity (Wildman–Crippen MR) is 99.1 cm³/mol. The Kier molecular flexibility index (Phi) is 5.35. The number of nitrogens with zero attached hydrogens (tertiary/aromatic N) is 1. The van der Waals surface area contributed by atoms with Crippen LogP contribution in [0.4, 0.5) is 4.39 Å². The summed E-state index contributed by atoms with van der Waals surface area (Å²) in [5.74, 6) is 0.131. The Labute approximate surface area is 159 Å². The minimum atomic E-state index is -0.599. The molecule has 0 aromatic heterocycles. The first kappa shape index (κ1) is 18.2. The highest BCUT2D eigenvalue weighted by Gasteiger charge is 2.33. The highest BCUT2D eigenvalue weighted by atomic mass is 79.9. The second-order valence-corrected chi connectivity index (χ2v) is 7.82. The van der Waals surface area contributed by atoms with Crippen LogP contribution in [0, 0.1) is 11.7 Å². The lowest BCUT2D eigenvalue weighted by Crippen LogP contribution is -2.42.